The summed E-state index contributed by atoms with van der Waals surface area (Å²) in [5.41, 5.74) is 0.281. The van der Waals surface area contributed by atoms with Crippen LogP contribution >= 0.6 is 22.6 Å². The molecule has 0 aliphatic rings. The molecule has 2 aromatic rings. The average molecular weight is 448 g/mol. The Labute approximate surface area is 147 Å². The first-order chi connectivity index (χ1) is 10.8. The lowest BCUT2D eigenvalue weighted by Gasteiger charge is -2.12. The Bertz CT molecular complexity index is 867. The molecule has 0 aromatic heterocycles. The van der Waals surface area contributed by atoms with Gasteiger partial charge < -0.3 is 4.74 Å². The van der Waals surface area contributed by atoms with Crippen molar-refractivity contribution < 1.29 is 18.1 Å². The third-order valence-corrected chi connectivity index (χ3v) is 5.39. The van der Waals surface area contributed by atoms with E-state index in [1.165, 1.54) is 44.4 Å². The minimum Gasteiger partial charge on any atom is -0.496 e. The predicted octanol–water partition coefficient (Wildman–Crippen LogP) is 3.32. The van der Waals surface area contributed by atoms with E-state index in [9.17, 15) is 18.5 Å². The molecule has 0 aliphatic heterocycles. The zero-order valence-electron chi connectivity index (χ0n) is 12.2. The van der Waals surface area contributed by atoms with E-state index < -0.39 is 14.9 Å². The first-order valence-corrected chi connectivity index (χ1v) is 8.93. The van der Waals surface area contributed by atoms with Gasteiger partial charge in [0.25, 0.3) is 15.7 Å². The lowest BCUT2D eigenvalue weighted by atomic mass is 10.2. The maximum absolute atomic E-state index is 12.5. The van der Waals surface area contributed by atoms with Crippen LogP contribution in [0.15, 0.2) is 41.3 Å². The third-order valence-electron chi connectivity index (χ3n) is 3.18. The van der Waals surface area contributed by atoms with Gasteiger partial charge in [0.15, 0.2) is 0 Å². The zero-order valence-corrected chi connectivity index (χ0v) is 15.2. The van der Waals surface area contributed by atoms with Crippen LogP contribution in [0, 0.1) is 20.6 Å². The second-order valence-corrected chi connectivity index (χ2v) is 7.45. The van der Waals surface area contributed by atoms with E-state index in [4.69, 9.17) is 4.74 Å². The molecule has 0 aliphatic carbocycles. The van der Waals surface area contributed by atoms with Gasteiger partial charge in [-0.15, -0.1) is 0 Å². The lowest BCUT2D eigenvalue weighted by Crippen LogP contribution is -2.14. The van der Waals surface area contributed by atoms with Gasteiger partial charge in [-0.1, -0.05) is 6.07 Å². The second kappa shape index (κ2) is 6.71. The zero-order chi connectivity index (χ0) is 17.2. The number of benzene rings is 2. The molecule has 23 heavy (non-hydrogen) atoms. The summed E-state index contributed by atoms with van der Waals surface area (Å²) in [5, 5.41) is 10.9. The molecule has 0 saturated carbocycles. The summed E-state index contributed by atoms with van der Waals surface area (Å²) in [6.07, 6.45) is 0. The monoisotopic (exact) mass is 448 g/mol. The van der Waals surface area contributed by atoms with Gasteiger partial charge in [-0.2, -0.15) is 0 Å². The van der Waals surface area contributed by atoms with Crippen LogP contribution in [0.25, 0.3) is 0 Å². The summed E-state index contributed by atoms with van der Waals surface area (Å²) in [4.78, 5) is 10.4. The maximum Gasteiger partial charge on any atom is 0.274 e. The largest absolute Gasteiger partial charge is 0.496 e. The van der Waals surface area contributed by atoms with Gasteiger partial charge in [-0.25, -0.2) is 8.42 Å². The number of hydrogen-bond acceptors (Lipinski definition) is 5. The molecule has 2 rings (SSSR count). The van der Waals surface area contributed by atoms with Crippen molar-refractivity contribution in [1.82, 2.24) is 0 Å². The molecule has 9 heteroatoms. The predicted molar refractivity (Wildman–Crippen MR) is 94.4 cm³/mol. The molecule has 7 nitrogen and oxygen atoms in total. The van der Waals surface area contributed by atoms with Crippen molar-refractivity contribution in [1.29, 1.82) is 0 Å². The van der Waals surface area contributed by atoms with Crippen LogP contribution in [0.5, 0.6) is 5.75 Å². The molecule has 0 saturated heterocycles. The molecule has 0 spiro atoms. The van der Waals surface area contributed by atoms with Gasteiger partial charge in [0.2, 0.25) is 0 Å². The maximum atomic E-state index is 12.5. The number of sulfonamides is 1. The highest BCUT2D eigenvalue weighted by Gasteiger charge is 2.20. The molecule has 122 valence electrons. The Hall–Kier alpha value is -1.88. The Balaban J connectivity index is 2.41. The van der Waals surface area contributed by atoms with Gasteiger partial charge in [0, 0.05) is 6.07 Å². The van der Waals surface area contributed by atoms with Crippen LogP contribution in [-0.4, -0.2) is 20.5 Å². The standard InChI is InChI=1S/C14H13IN2O5S/c1-9-12(4-3-5-13(9)17(18)19)16-23(20,21)10-6-7-14(22-2)11(15)8-10/h3-8,16H,1-2H3. The van der Waals surface area contributed by atoms with Crippen LogP contribution in [0.2, 0.25) is 0 Å². The Kier molecular flexibility index (Phi) is 5.09. The second-order valence-electron chi connectivity index (χ2n) is 4.61. The number of nitro groups is 1. The highest BCUT2D eigenvalue weighted by atomic mass is 127. The van der Waals surface area contributed by atoms with Crippen molar-refractivity contribution in [3.05, 3.63) is 55.6 Å². The van der Waals surface area contributed by atoms with Crippen molar-refractivity contribution in [2.75, 3.05) is 11.8 Å². The molecule has 0 bridgehead atoms. The minimum absolute atomic E-state index is 0.0496. The van der Waals surface area contributed by atoms with E-state index >= 15 is 0 Å². The Morgan fingerprint density at radius 2 is 1.96 bits per heavy atom. The highest BCUT2D eigenvalue weighted by Crippen LogP contribution is 2.29. The van der Waals surface area contributed by atoms with Crippen LogP contribution < -0.4 is 9.46 Å². The topological polar surface area (TPSA) is 98.5 Å². The summed E-state index contributed by atoms with van der Waals surface area (Å²) in [6.45, 7) is 1.49. The van der Waals surface area contributed by atoms with Gasteiger partial charge in [0.05, 0.1) is 31.7 Å². The molecule has 1 N–H and O–H groups in total. The van der Waals surface area contributed by atoms with E-state index in [0.717, 1.165) is 0 Å². The summed E-state index contributed by atoms with van der Waals surface area (Å²) in [5.74, 6) is 0.566. The number of halogens is 1. The number of nitro benzene ring substituents is 1. The number of nitrogens with one attached hydrogen (secondary N) is 1. The van der Waals surface area contributed by atoms with Crippen molar-refractivity contribution in [2.45, 2.75) is 11.8 Å². The lowest BCUT2D eigenvalue weighted by molar-refractivity contribution is -0.385. The Morgan fingerprint density at radius 1 is 1.26 bits per heavy atom. The molecular formula is C14H13IN2O5S. The van der Waals surface area contributed by atoms with Crippen LogP contribution in [-0.2, 0) is 10.0 Å². The fourth-order valence-corrected chi connectivity index (χ4v) is 4.05. The first-order valence-electron chi connectivity index (χ1n) is 6.36. The van der Waals surface area contributed by atoms with Gasteiger partial charge in [-0.3, -0.25) is 14.8 Å². The average Bonchev–Trinajstić information content (AvgIpc) is 2.48. The number of nitrogens with zero attached hydrogens (tertiary/aromatic N) is 1. The fourth-order valence-electron chi connectivity index (χ4n) is 1.95. The normalized spacial score (nSPS) is 11.1. The summed E-state index contributed by atoms with van der Waals surface area (Å²) >= 11 is 1.97. The molecule has 0 heterocycles. The van der Waals surface area contributed by atoms with Gasteiger partial charge in [0.1, 0.15) is 5.75 Å². The summed E-state index contributed by atoms with van der Waals surface area (Å²) in [7, 11) is -2.36. The van der Waals surface area contributed by atoms with Crippen LogP contribution in [0.1, 0.15) is 5.56 Å². The highest BCUT2D eigenvalue weighted by molar-refractivity contribution is 14.1. The third kappa shape index (κ3) is 3.72. The van der Waals surface area contributed by atoms with Gasteiger partial charge >= 0.3 is 0 Å². The van der Waals surface area contributed by atoms with Crippen molar-refractivity contribution in [2.24, 2.45) is 0 Å². The summed E-state index contributed by atoms with van der Waals surface area (Å²) < 4.78 is 33.0. The molecule has 0 radical (unpaired) electrons. The SMILES string of the molecule is COc1ccc(S(=O)(=O)Nc2cccc([N+](=O)[O-])c2C)cc1I. The van der Waals surface area contributed by atoms with E-state index in [1.54, 1.807) is 6.07 Å². The number of rotatable bonds is 5. The fraction of sp³-hybridized carbons (Fsp3) is 0.143. The van der Waals surface area contributed by atoms with Crippen LogP contribution in [0.3, 0.4) is 0 Å². The van der Waals surface area contributed by atoms with E-state index in [-0.39, 0.29) is 21.8 Å². The van der Waals surface area contributed by atoms with E-state index in [0.29, 0.717) is 9.32 Å². The Morgan fingerprint density at radius 3 is 2.52 bits per heavy atom. The number of ether oxygens (including phenoxy) is 1. The van der Waals surface area contributed by atoms with E-state index in [2.05, 4.69) is 4.72 Å². The number of anilines is 1. The molecule has 0 unspecified atom stereocenters. The van der Waals surface area contributed by atoms with Gasteiger partial charge in [-0.05, 0) is 53.8 Å². The molecule has 0 fully saturated rings. The van der Waals surface area contributed by atoms with Crippen LogP contribution in [0.4, 0.5) is 11.4 Å². The molecular weight excluding hydrogens is 435 g/mol. The minimum atomic E-state index is -3.86. The molecule has 0 atom stereocenters. The summed E-state index contributed by atoms with van der Waals surface area (Å²) in [6, 6.07) is 8.67. The number of methoxy groups -OCH3 is 1. The smallest absolute Gasteiger partial charge is 0.274 e. The van der Waals surface area contributed by atoms with Crippen molar-refractivity contribution >= 4 is 44.0 Å². The van der Waals surface area contributed by atoms with E-state index in [1.807, 2.05) is 22.6 Å². The molecule has 2 aromatic carbocycles. The van der Waals surface area contributed by atoms with Crippen molar-refractivity contribution in [3.63, 3.8) is 0 Å². The first kappa shape index (κ1) is 17.5. The number of hydrogen-bond donors (Lipinski definition) is 1. The quantitative estimate of drug-likeness (QED) is 0.430. The molecule has 0 amide bonds. The van der Waals surface area contributed by atoms with Crippen molar-refractivity contribution in [3.8, 4) is 5.75 Å².